The van der Waals surface area contributed by atoms with Crippen LogP contribution in [0, 0.1) is 6.92 Å². The number of hydrogen-bond donors (Lipinski definition) is 0. The zero-order valence-electron chi connectivity index (χ0n) is 16.0. The summed E-state index contributed by atoms with van der Waals surface area (Å²) in [7, 11) is 1.55. The van der Waals surface area contributed by atoms with Crippen LogP contribution < -0.4 is 4.74 Å². The average Bonchev–Trinajstić information content (AvgIpc) is 2.62. The summed E-state index contributed by atoms with van der Waals surface area (Å²) in [5.41, 5.74) is 2.41. The molecule has 0 fully saturated rings. The van der Waals surface area contributed by atoms with Crippen LogP contribution in [0.15, 0.2) is 47.3 Å². The normalized spacial score (nSPS) is 13.3. The van der Waals surface area contributed by atoms with Crippen LogP contribution in [0.1, 0.15) is 31.9 Å². The molecule has 0 atom stereocenters. The molecule has 0 heterocycles. The molecule has 0 aromatic heterocycles. The third-order valence-corrected chi connectivity index (χ3v) is 4.47. The number of carbonyl (C=O) groups excluding carboxylic acids is 1. The van der Waals surface area contributed by atoms with Gasteiger partial charge in [0.15, 0.2) is 0 Å². The van der Waals surface area contributed by atoms with Crippen molar-refractivity contribution in [2.45, 2.75) is 27.7 Å². The van der Waals surface area contributed by atoms with E-state index in [-0.39, 0.29) is 12.2 Å². The fourth-order valence-corrected chi connectivity index (χ4v) is 2.68. The molecule has 0 aliphatic heterocycles. The molecule has 0 amide bonds. The quantitative estimate of drug-likeness (QED) is 0.286. The first kappa shape index (κ1) is 23.0. The van der Waals surface area contributed by atoms with E-state index in [1.807, 2.05) is 13.8 Å². The van der Waals surface area contributed by atoms with Crippen molar-refractivity contribution in [1.82, 2.24) is 0 Å². The molecule has 0 spiro atoms. The van der Waals surface area contributed by atoms with E-state index in [0.717, 1.165) is 17.2 Å². The molecule has 0 bridgehead atoms. The fourth-order valence-electron chi connectivity index (χ4n) is 2.12. The second-order valence-electron chi connectivity index (χ2n) is 5.75. The second-order valence-corrected chi connectivity index (χ2v) is 6.54. The molecule has 27 heavy (non-hydrogen) atoms. The summed E-state index contributed by atoms with van der Waals surface area (Å²) < 4.78 is 24.0. The molecule has 6 heteroatoms. The van der Waals surface area contributed by atoms with Crippen LogP contribution in [0.2, 0.25) is 10.0 Å². The number of carbonyl (C=O) groups is 1. The first-order valence-corrected chi connectivity index (χ1v) is 9.07. The number of esters is 1. The van der Waals surface area contributed by atoms with E-state index in [1.165, 1.54) is 13.0 Å². The smallest absolute Gasteiger partial charge is 0.331 e. The molecule has 0 N–H and O–H groups in total. The number of ether oxygens (including phenoxy) is 2. The molecule has 0 aliphatic rings. The van der Waals surface area contributed by atoms with Crippen LogP contribution >= 0.6 is 23.2 Å². The zero-order valence-corrected chi connectivity index (χ0v) is 17.5. The van der Waals surface area contributed by atoms with E-state index < -0.39 is 11.8 Å². The van der Waals surface area contributed by atoms with Gasteiger partial charge in [-0.3, -0.25) is 0 Å². The van der Waals surface area contributed by atoms with E-state index >= 15 is 0 Å². The van der Waals surface area contributed by atoms with Crippen LogP contribution in [0.5, 0.6) is 5.75 Å². The van der Waals surface area contributed by atoms with Crippen LogP contribution in [0.4, 0.5) is 4.39 Å². The van der Waals surface area contributed by atoms with Crippen molar-refractivity contribution in [1.29, 1.82) is 0 Å². The zero-order chi connectivity index (χ0) is 20.6. The van der Waals surface area contributed by atoms with Crippen molar-refractivity contribution < 1.29 is 18.7 Å². The van der Waals surface area contributed by atoms with Crippen LogP contribution in [-0.2, 0) is 9.53 Å². The largest absolute Gasteiger partial charge is 0.496 e. The van der Waals surface area contributed by atoms with Crippen molar-refractivity contribution >= 4 is 35.2 Å². The van der Waals surface area contributed by atoms with Gasteiger partial charge < -0.3 is 9.47 Å². The molecular formula is C21H23Cl2FO3. The number of rotatable bonds is 7. The van der Waals surface area contributed by atoms with Gasteiger partial charge in [-0.05, 0) is 45.4 Å². The van der Waals surface area contributed by atoms with Crippen LogP contribution in [0.25, 0.3) is 6.08 Å². The van der Waals surface area contributed by atoms with Crippen molar-refractivity contribution in [3.05, 3.63) is 68.5 Å². The van der Waals surface area contributed by atoms with Gasteiger partial charge in [0.1, 0.15) is 11.6 Å². The Kier molecular flexibility index (Phi) is 9.33. The van der Waals surface area contributed by atoms with E-state index in [4.69, 9.17) is 32.7 Å². The third-order valence-electron chi connectivity index (χ3n) is 3.67. The standard InChI is InChI=1S/C21H23Cl2FO3/c1-6-27-20(25)11-14(3)18(24)10-8-13(2)7-9-16-17(22)12-19(26-5)15(4)21(16)23/h7-12H,6H2,1-5H3/b9-7+,13-8+,14-11+,18-10-. The summed E-state index contributed by atoms with van der Waals surface area (Å²) in [6.45, 7) is 7.08. The third kappa shape index (κ3) is 6.89. The van der Waals surface area contributed by atoms with Crippen molar-refractivity contribution in [3.8, 4) is 5.75 Å². The Labute approximate surface area is 169 Å². The van der Waals surface area contributed by atoms with Gasteiger partial charge in [-0.15, -0.1) is 0 Å². The van der Waals surface area contributed by atoms with E-state index in [9.17, 15) is 9.18 Å². The summed E-state index contributed by atoms with van der Waals surface area (Å²) in [5, 5.41) is 0.958. The minimum atomic E-state index is -0.571. The SMILES string of the molecule is CCOC(=O)/C=C(C)/C(F)=C/C=C(C)/C=C/c1c(Cl)cc(OC)c(C)c1Cl. The minimum Gasteiger partial charge on any atom is -0.496 e. The van der Waals surface area contributed by atoms with E-state index in [1.54, 1.807) is 38.3 Å². The predicted octanol–water partition coefficient (Wildman–Crippen LogP) is 6.63. The molecule has 0 saturated carbocycles. The first-order chi connectivity index (χ1) is 12.7. The fraction of sp³-hybridized carbons (Fsp3) is 0.286. The Morgan fingerprint density at radius 2 is 1.93 bits per heavy atom. The summed E-state index contributed by atoms with van der Waals surface area (Å²) in [4.78, 5) is 11.3. The molecular weight excluding hydrogens is 390 g/mol. The average molecular weight is 413 g/mol. The number of methoxy groups -OCH3 is 1. The molecule has 1 rings (SSSR count). The lowest BCUT2D eigenvalue weighted by atomic mass is 10.1. The number of hydrogen-bond acceptors (Lipinski definition) is 3. The molecule has 146 valence electrons. The molecule has 0 aliphatic carbocycles. The summed E-state index contributed by atoms with van der Waals surface area (Å²) >= 11 is 12.6. The molecule has 1 aromatic carbocycles. The van der Waals surface area contributed by atoms with Gasteiger partial charge in [0, 0.05) is 17.2 Å². The van der Waals surface area contributed by atoms with Crippen molar-refractivity contribution in [2.24, 2.45) is 0 Å². The van der Waals surface area contributed by atoms with Crippen molar-refractivity contribution in [2.75, 3.05) is 13.7 Å². The van der Waals surface area contributed by atoms with Gasteiger partial charge in [-0.1, -0.05) is 47.0 Å². The molecule has 0 unspecified atom stereocenters. The van der Waals surface area contributed by atoms with Gasteiger partial charge in [-0.2, -0.15) is 0 Å². The van der Waals surface area contributed by atoms with E-state index in [2.05, 4.69) is 0 Å². The molecule has 1 aromatic rings. The van der Waals surface area contributed by atoms with Gasteiger partial charge >= 0.3 is 5.97 Å². The maximum absolute atomic E-state index is 14.0. The lowest BCUT2D eigenvalue weighted by Crippen LogP contribution is -2.00. The Bertz CT molecular complexity index is 821. The lowest BCUT2D eigenvalue weighted by molar-refractivity contribution is -0.137. The predicted molar refractivity (Wildman–Crippen MR) is 110 cm³/mol. The van der Waals surface area contributed by atoms with Crippen LogP contribution in [0.3, 0.4) is 0 Å². The second kappa shape index (κ2) is 11.0. The summed E-state index contributed by atoms with van der Waals surface area (Å²) in [6.07, 6.45) is 7.52. The Hall–Kier alpha value is -2.04. The highest BCUT2D eigenvalue weighted by Crippen LogP contribution is 2.35. The molecule has 3 nitrogen and oxygen atoms in total. The summed E-state index contributed by atoms with van der Waals surface area (Å²) in [6, 6.07) is 1.70. The monoisotopic (exact) mass is 412 g/mol. The Morgan fingerprint density at radius 3 is 2.52 bits per heavy atom. The van der Waals surface area contributed by atoms with Gasteiger partial charge in [0.05, 0.1) is 23.8 Å². The lowest BCUT2D eigenvalue weighted by Gasteiger charge is -2.10. The molecule has 0 saturated heterocycles. The Morgan fingerprint density at radius 1 is 1.26 bits per heavy atom. The van der Waals surface area contributed by atoms with E-state index in [0.29, 0.717) is 21.4 Å². The highest BCUT2D eigenvalue weighted by Gasteiger charge is 2.11. The topological polar surface area (TPSA) is 35.5 Å². The first-order valence-electron chi connectivity index (χ1n) is 8.31. The minimum absolute atomic E-state index is 0.193. The molecule has 0 radical (unpaired) electrons. The number of allylic oxidation sites excluding steroid dienone is 6. The van der Waals surface area contributed by atoms with Gasteiger partial charge in [0.25, 0.3) is 0 Å². The number of benzene rings is 1. The Balaban J connectivity index is 3.00. The number of halogens is 3. The van der Waals surface area contributed by atoms with Crippen LogP contribution in [-0.4, -0.2) is 19.7 Å². The maximum atomic E-state index is 14.0. The maximum Gasteiger partial charge on any atom is 0.331 e. The van der Waals surface area contributed by atoms with Gasteiger partial charge in [-0.25, -0.2) is 9.18 Å². The highest BCUT2D eigenvalue weighted by atomic mass is 35.5. The summed E-state index contributed by atoms with van der Waals surface area (Å²) in [5.74, 6) is -0.478. The van der Waals surface area contributed by atoms with Gasteiger partial charge in [0.2, 0.25) is 0 Å². The van der Waals surface area contributed by atoms with Crippen molar-refractivity contribution in [3.63, 3.8) is 0 Å². The highest BCUT2D eigenvalue weighted by molar-refractivity contribution is 6.38.